The minimum absolute atomic E-state index is 0.619. The summed E-state index contributed by atoms with van der Waals surface area (Å²) in [6.45, 7) is 0. The lowest BCUT2D eigenvalue weighted by atomic mass is 9.81. The van der Waals surface area contributed by atoms with E-state index in [0.29, 0.717) is 6.07 Å². The Kier molecular flexibility index (Phi) is 9.74. The second-order valence-corrected chi connectivity index (χ2v) is 17.1. The van der Waals surface area contributed by atoms with Crippen molar-refractivity contribution < 1.29 is 153 Å². The van der Waals surface area contributed by atoms with Crippen LogP contribution in [0.2, 0.25) is 0 Å². The molecule has 78 heavy (non-hydrogen) atoms. The molecule has 0 amide bonds. The third-order valence-corrected chi connectivity index (χ3v) is 13.2. The van der Waals surface area contributed by atoms with Crippen LogP contribution in [0.1, 0.15) is 0 Å². The van der Waals surface area contributed by atoms with Crippen LogP contribution in [0.3, 0.4) is 0 Å². The number of benzene rings is 9. The average Bonchev–Trinajstić information content (AvgIpc) is 3.97. The smallest absolute Gasteiger partial charge is 0.208 e. The molecule has 9 aromatic carbocycles. The van der Waals surface area contributed by atoms with Crippen LogP contribution in [0, 0.1) is 0 Å². The predicted molar refractivity (Wildman–Crippen MR) is 256 cm³/mol. The summed E-state index contributed by atoms with van der Waals surface area (Å²) in [6, 6.07) is 0.619. The number of hydrogen-bond donors (Lipinski definition) is 29. The lowest BCUT2D eigenvalue weighted by molar-refractivity contribution is 0.329. The van der Waals surface area contributed by atoms with Crippen LogP contribution < -0.4 is 0 Å². The third kappa shape index (κ3) is 5.60. The molecule has 30 nitrogen and oxygen atoms in total. The highest BCUT2D eigenvalue weighted by atomic mass is 16.4. The second-order valence-electron chi connectivity index (χ2n) is 17.1. The van der Waals surface area contributed by atoms with Gasteiger partial charge in [0, 0.05) is 38.1 Å². The molecule has 30 heteroatoms. The summed E-state index contributed by atoms with van der Waals surface area (Å²) < 4.78 is 5.50. The first-order valence-electron chi connectivity index (χ1n) is 21.0. The topological polar surface area (TPSA) is 600 Å². The zero-order valence-electron chi connectivity index (χ0n) is 37.5. The normalized spacial score (nSPS) is 11.8. The van der Waals surface area contributed by atoms with Gasteiger partial charge < -0.3 is 153 Å². The molecule has 0 unspecified atom stereocenters. The average molecular weight is 1090 g/mol. The fourth-order valence-corrected chi connectivity index (χ4v) is 9.62. The molecule has 0 aliphatic carbocycles. The molecule has 0 fully saturated rings. The maximum absolute atomic E-state index is 12.3. The summed E-state index contributed by atoms with van der Waals surface area (Å²) in [6.07, 6.45) is 0. The molecule has 0 atom stereocenters. The SMILES string of the molecule is Oc1cc2c(O)c3oc4c(O)c(O)c(-c5c6c(O)c(O)c(O)c(O)c6c(-c6c(O)c(O)c(-c7c(O)c(O)c(-c8c(O)c(O)c(O)c(O)c8O)c(O)c7O)c(O)c6O)c6c(O)c(O)c(O)c(O)c56)c(O)c4c3c(O)c2c(O)c1O. The zero-order valence-corrected chi connectivity index (χ0v) is 37.5. The molecule has 0 radical (unpaired) electrons. The van der Waals surface area contributed by atoms with Gasteiger partial charge in [-0.05, 0) is 6.07 Å². The summed E-state index contributed by atoms with van der Waals surface area (Å²) in [5.41, 5.74) is -14.2. The molecule has 0 aliphatic rings. The first-order chi connectivity index (χ1) is 36.4. The predicted octanol–water partition coefficient (Wildman–Crippen LogP) is 5.18. The summed E-state index contributed by atoms with van der Waals surface area (Å²) >= 11 is 0. The van der Waals surface area contributed by atoms with Crippen LogP contribution >= 0.6 is 0 Å². The van der Waals surface area contributed by atoms with E-state index in [2.05, 4.69) is 0 Å². The third-order valence-electron chi connectivity index (χ3n) is 13.2. The van der Waals surface area contributed by atoms with Crippen molar-refractivity contribution >= 4 is 54.3 Å². The van der Waals surface area contributed by atoms with Gasteiger partial charge in [0.25, 0.3) is 0 Å². The Bertz CT molecular complexity index is 4370. The molecular formula is C48H30O30. The minimum Gasteiger partial charge on any atom is -0.506 e. The van der Waals surface area contributed by atoms with Crippen molar-refractivity contribution in [1.29, 1.82) is 0 Å². The van der Waals surface area contributed by atoms with E-state index in [1.807, 2.05) is 0 Å². The minimum atomic E-state index is -1.96. The molecular weight excluding hydrogens is 1060 g/mol. The van der Waals surface area contributed by atoms with E-state index in [4.69, 9.17) is 4.42 Å². The van der Waals surface area contributed by atoms with Crippen molar-refractivity contribution in [3.63, 3.8) is 0 Å². The molecule has 29 N–H and O–H groups in total. The maximum atomic E-state index is 12.3. The lowest BCUT2D eigenvalue weighted by Crippen LogP contribution is -1.97. The highest BCUT2D eigenvalue weighted by Gasteiger charge is 2.41. The first-order valence-corrected chi connectivity index (χ1v) is 21.0. The zero-order chi connectivity index (χ0) is 57.5. The number of fused-ring (bicyclic) bond motifs is 6. The van der Waals surface area contributed by atoms with Gasteiger partial charge in [0.1, 0.15) is 11.5 Å². The Morgan fingerprint density at radius 3 is 0.744 bits per heavy atom. The number of hydrogen-bond acceptors (Lipinski definition) is 30. The molecule has 10 aromatic rings. The molecule has 402 valence electrons. The van der Waals surface area contributed by atoms with Gasteiger partial charge in [-0.1, -0.05) is 0 Å². The van der Waals surface area contributed by atoms with E-state index in [1.54, 1.807) is 0 Å². The summed E-state index contributed by atoms with van der Waals surface area (Å²) in [5, 5.41) is 314. The van der Waals surface area contributed by atoms with E-state index in [-0.39, 0.29) is 0 Å². The fraction of sp³-hybridized carbons (Fsp3) is 0. The number of aromatic hydroxyl groups is 29. The molecule has 1 aromatic heterocycles. The highest BCUT2D eigenvalue weighted by molar-refractivity contribution is 6.32. The van der Waals surface area contributed by atoms with Crippen LogP contribution in [0.4, 0.5) is 0 Å². The molecule has 0 bridgehead atoms. The van der Waals surface area contributed by atoms with Crippen molar-refractivity contribution in [2.75, 3.05) is 0 Å². The van der Waals surface area contributed by atoms with Gasteiger partial charge in [-0.15, -0.1) is 0 Å². The summed E-state index contributed by atoms with van der Waals surface area (Å²) in [7, 11) is 0. The first kappa shape index (κ1) is 49.3. The Morgan fingerprint density at radius 1 is 0.167 bits per heavy atom. The molecule has 0 saturated carbocycles. The monoisotopic (exact) mass is 1090 g/mol. The number of phenols is 29. The van der Waals surface area contributed by atoms with Crippen LogP contribution in [-0.4, -0.2) is 148 Å². The van der Waals surface area contributed by atoms with E-state index >= 15 is 0 Å². The maximum Gasteiger partial charge on any atom is 0.208 e. The Balaban J connectivity index is 1.39. The van der Waals surface area contributed by atoms with Gasteiger partial charge in [0.15, 0.2) is 115 Å². The summed E-state index contributed by atoms with van der Waals surface area (Å²) in [4.78, 5) is 0. The largest absolute Gasteiger partial charge is 0.506 e. The number of phenolic OH excluding ortho intramolecular Hbond substituents is 29. The van der Waals surface area contributed by atoms with Crippen molar-refractivity contribution in [1.82, 2.24) is 0 Å². The van der Waals surface area contributed by atoms with E-state index < -0.39 is 265 Å². The van der Waals surface area contributed by atoms with Gasteiger partial charge in [-0.25, -0.2) is 0 Å². The molecule has 0 aliphatic heterocycles. The van der Waals surface area contributed by atoms with Gasteiger partial charge in [-0.3, -0.25) is 0 Å². The van der Waals surface area contributed by atoms with Crippen molar-refractivity contribution in [2.45, 2.75) is 0 Å². The molecule has 10 rings (SSSR count). The van der Waals surface area contributed by atoms with Gasteiger partial charge in [0.2, 0.25) is 51.7 Å². The van der Waals surface area contributed by atoms with Crippen LogP contribution in [0.15, 0.2) is 10.5 Å². The fourth-order valence-electron chi connectivity index (χ4n) is 9.62. The van der Waals surface area contributed by atoms with E-state index in [9.17, 15) is 148 Å². The highest BCUT2D eigenvalue weighted by Crippen LogP contribution is 2.70. The van der Waals surface area contributed by atoms with Crippen molar-refractivity contribution in [2.24, 2.45) is 0 Å². The standard InChI is InChI=1S/C48H30O30/c49-3-1-2-4(23(54)20(3)51)21(52)17-18-22(53)11(38(69)46(77)48(18)78-47(17)19(2)50)5-7-9(26(57)41(72)39(70)24(7)55)6(10-8(5)25(56)40(71)42(73)27(10)58)12-28(59)30(61)13(31(62)29(12)60)14-32(63)34(65)15(35(66)33(14)64)16-36(67)43(74)45(76)44(75)37(16)68/h1,49-77H. The molecule has 1 heterocycles. The lowest BCUT2D eigenvalue weighted by Gasteiger charge is -2.25. The Hall–Kier alpha value is -12.2. The number of rotatable bonds is 4. The number of furan rings is 1. The van der Waals surface area contributed by atoms with E-state index in [0.717, 1.165) is 0 Å². The Labute approximate surface area is 423 Å². The summed E-state index contributed by atoms with van der Waals surface area (Å²) in [5.74, 6) is -48.5. The van der Waals surface area contributed by atoms with Crippen LogP contribution in [0.25, 0.3) is 98.8 Å². The second kappa shape index (κ2) is 15.4. The van der Waals surface area contributed by atoms with E-state index in [1.165, 1.54) is 0 Å². The van der Waals surface area contributed by atoms with Crippen molar-refractivity contribution in [3.8, 4) is 211 Å². The quantitative estimate of drug-likeness (QED) is 0.0613. The van der Waals surface area contributed by atoms with Gasteiger partial charge >= 0.3 is 0 Å². The van der Waals surface area contributed by atoms with Gasteiger partial charge in [0.05, 0.1) is 49.5 Å². The van der Waals surface area contributed by atoms with Crippen LogP contribution in [0.5, 0.6) is 167 Å². The van der Waals surface area contributed by atoms with Gasteiger partial charge in [-0.2, -0.15) is 0 Å². The molecule has 0 saturated heterocycles. The van der Waals surface area contributed by atoms with Crippen molar-refractivity contribution in [3.05, 3.63) is 6.07 Å². The van der Waals surface area contributed by atoms with Crippen LogP contribution in [-0.2, 0) is 0 Å². The molecule has 0 spiro atoms. The Morgan fingerprint density at radius 2 is 0.397 bits per heavy atom.